The van der Waals surface area contributed by atoms with Crippen molar-refractivity contribution in [3.8, 4) is 0 Å². The number of halogens is 2. The van der Waals surface area contributed by atoms with E-state index in [0.29, 0.717) is 5.02 Å². The van der Waals surface area contributed by atoms with Crippen molar-refractivity contribution in [2.24, 2.45) is 0 Å². The molecule has 0 aliphatic rings. The lowest BCUT2D eigenvalue weighted by Gasteiger charge is -2.12. The molecule has 0 aliphatic carbocycles. The van der Waals surface area contributed by atoms with E-state index in [1.165, 1.54) is 7.11 Å². The molecule has 0 bridgehead atoms. The minimum Gasteiger partial charge on any atom is -0.469 e. The summed E-state index contributed by atoms with van der Waals surface area (Å²) in [6.07, 6.45) is 0.0351. The Kier molecular flexibility index (Phi) is 4.56. The molecule has 1 atom stereocenters. The SMILES string of the molecule is COC(=O)C[C@@H](CF)c1cccc(Cl)c1. The molecule has 0 fully saturated rings. The number of hydrogen-bond donors (Lipinski definition) is 0. The van der Waals surface area contributed by atoms with E-state index in [1.807, 2.05) is 0 Å². The predicted molar refractivity (Wildman–Crippen MR) is 56.8 cm³/mol. The highest BCUT2D eigenvalue weighted by Crippen LogP contribution is 2.23. The molecule has 15 heavy (non-hydrogen) atoms. The fourth-order valence-corrected chi connectivity index (χ4v) is 1.51. The second kappa shape index (κ2) is 5.71. The Hall–Kier alpha value is -1.09. The molecule has 1 aromatic carbocycles. The van der Waals surface area contributed by atoms with Gasteiger partial charge in [0.2, 0.25) is 0 Å². The summed E-state index contributed by atoms with van der Waals surface area (Å²) in [6.45, 7) is -0.602. The molecule has 0 amide bonds. The third-order valence-electron chi connectivity index (χ3n) is 2.15. The second-order valence-electron chi connectivity index (χ2n) is 3.19. The number of esters is 1. The summed E-state index contributed by atoms with van der Waals surface area (Å²) in [6, 6.07) is 6.85. The summed E-state index contributed by atoms with van der Waals surface area (Å²) < 4.78 is 17.2. The monoisotopic (exact) mass is 230 g/mol. The van der Waals surface area contributed by atoms with Crippen molar-refractivity contribution in [2.75, 3.05) is 13.8 Å². The zero-order chi connectivity index (χ0) is 11.3. The number of carbonyl (C=O) groups excluding carboxylic acids is 1. The Morgan fingerprint density at radius 3 is 2.87 bits per heavy atom. The highest BCUT2D eigenvalue weighted by molar-refractivity contribution is 6.30. The molecule has 82 valence electrons. The number of ether oxygens (including phenoxy) is 1. The topological polar surface area (TPSA) is 26.3 Å². The Morgan fingerprint density at radius 2 is 2.33 bits per heavy atom. The summed E-state index contributed by atoms with van der Waals surface area (Å²) in [4.78, 5) is 11.0. The standard InChI is InChI=1S/C11H12ClFO2/c1-15-11(14)6-9(7-13)8-3-2-4-10(12)5-8/h2-5,9H,6-7H2,1H3/t9-/m0/s1. The van der Waals surface area contributed by atoms with E-state index in [1.54, 1.807) is 24.3 Å². The zero-order valence-corrected chi connectivity index (χ0v) is 9.13. The minimum atomic E-state index is -0.602. The maximum Gasteiger partial charge on any atom is 0.306 e. The van der Waals surface area contributed by atoms with Crippen LogP contribution in [-0.2, 0) is 9.53 Å². The first kappa shape index (κ1) is 12.0. The molecule has 0 aliphatic heterocycles. The molecule has 0 aromatic heterocycles. The zero-order valence-electron chi connectivity index (χ0n) is 8.37. The first-order chi connectivity index (χ1) is 7.17. The molecule has 0 spiro atoms. The highest BCUT2D eigenvalue weighted by atomic mass is 35.5. The largest absolute Gasteiger partial charge is 0.469 e. The first-order valence-electron chi connectivity index (χ1n) is 4.55. The normalized spacial score (nSPS) is 12.2. The van der Waals surface area contributed by atoms with Gasteiger partial charge in [0.25, 0.3) is 0 Å². The second-order valence-corrected chi connectivity index (χ2v) is 3.62. The Bertz CT molecular complexity index is 341. The molecule has 2 nitrogen and oxygen atoms in total. The number of rotatable bonds is 4. The van der Waals surface area contributed by atoms with Crippen molar-refractivity contribution in [3.63, 3.8) is 0 Å². The molecule has 4 heteroatoms. The molecule has 0 saturated carbocycles. The van der Waals surface area contributed by atoms with E-state index in [0.717, 1.165) is 5.56 Å². The van der Waals surface area contributed by atoms with Crippen LogP contribution in [0.25, 0.3) is 0 Å². The predicted octanol–water partition coefficient (Wildman–Crippen LogP) is 2.96. The maximum atomic E-state index is 12.7. The molecule has 0 radical (unpaired) electrons. The van der Waals surface area contributed by atoms with Crippen LogP contribution in [0.1, 0.15) is 17.9 Å². The van der Waals surface area contributed by atoms with Crippen LogP contribution in [0.2, 0.25) is 5.02 Å². The van der Waals surface area contributed by atoms with Crippen LogP contribution in [-0.4, -0.2) is 19.8 Å². The van der Waals surface area contributed by atoms with Crippen LogP contribution >= 0.6 is 11.6 Å². The van der Waals surface area contributed by atoms with Crippen LogP contribution in [0, 0.1) is 0 Å². The number of alkyl halides is 1. The lowest BCUT2D eigenvalue weighted by molar-refractivity contribution is -0.141. The van der Waals surface area contributed by atoms with Crippen molar-refractivity contribution in [1.29, 1.82) is 0 Å². The molecule has 1 aromatic rings. The maximum absolute atomic E-state index is 12.7. The van der Waals surface area contributed by atoms with Gasteiger partial charge in [-0.25, -0.2) is 0 Å². The van der Waals surface area contributed by atoms with Gasteiger partial charge in [-0.2, -0.15) is 0 Å². The lowest BCUT2D eigenvalue weighted by atomic mass is 9.97. The van der Waals surface area contributed by atoms with Gasteiger partial charge in [-0.15, -0.1) is 0 Å². The van der Waals surface area contributed by atoms with Gasteiger partial charge in [0.05, 0.1) is 20.2 Å². The van der Waals surface area contributed by atoms with Gasteiger partial charge in [-0.3, -0.25) is 9.18 Å². The van der Waals surface area contributed by atoms with E-state index in [2.05, 4.69) is 4.74 Å². The summed E-state index contributed by atoms with van der Waals surface area (Å²) in [5, 5.41) is 0.538. The van der Waals surface area contributed by atoms with Gasteiger partial charge in [0.1, 0.15) is 0 Å². The van der Waals surface area contributed by atoms with E-state index in [4.69, 9.17) is 11.6 Å². The summed E-state index contributed by atoms with van der Waals surface area (Å²) in [5.74, 6) is -0.895. The van der Waals surface area contributed by atoms with Crippen LogP contribution in [0.5, 0.6) is 0 Å². The van der Waals surface area contributed by atoms with Crippen LogP contribution in [0.3, 0.4) is 0 Å². The molecular formula is C11H12ClFO2. The summed E-state index contributed by atoms with van der Waals surface area (Å²) >= 11 is 5.78. The first-order valence-corrected chi connectivity index (χ1v) is 4.93. The molecular weight excluding hydrogens is 219 g/mol. The molecule has 0 saturated heterocycles. The average Bonchev–Trinajstić information content (AvgIpc) is 2.25. The third kappa shape index (κ3) is 3.51. The summed E-state index contributed by atoms with van der Waals surface area (Å²) in [7, 11) is 1.29. The van der Waals surface area contributed by atoms with Crippen molar-refractivity contribution in [3.05, 3.63) is 34.9 Å². The number of hydrogen-bond acceptors (Lipinski definition) is 2. The minimum absolute atomic E-state index is 0.0351. The molecule has 0 heterocycles. The fourth-order valence-electron chi connectivity index (χ4n) is 1.31. The fraction of sp³-hybridized carbons (Fsp3) is 0.364. The smallest absolute Gasteiger partial charge is 0.306 e. The van der Waals surface area contributed by atoms with Gasteiger partial charge in [0, 0.05) is 10.9 Å². The van der Waals surface area contributed by atoms with Crippen molar-refractivity contribution >= 4 is 17.6 Å². The lowest BCUT2D eigenvalue weighted by Crippen LogP contribution is -2.10. The number of methoxy groups -OCH3 is 1. The quantitative estimate of drug-likeness (QED) is 0.744. The van der Waals surface area contributed by atoms with Gasteiger partial charge in [0.15, 0.2) is 0 Å². The number of carbonyl (C=O) groups is 1. The third-order valence-corrected chi connectivity index (χ3v) is 2.38. The molecule has 0 unspecified atom stereocenters. The van der Waals surface area contributed by atoms with Crippen LogP contribution < -0.4 is 0 Å². The van der Waals surface area contributed by atoms with Gasteiger partial charge in [-0.05, 0) is 17.7 Å². The summed E-state index contributed by atoms with van der Waals surface area (Å²) in [5.41, 5.74) is 0.718. The van der Waals surface area contributed by atoms with Gasteiger partial charge >= 0.3 is 5.97 Å². The van der Waals surface area contributed by atoms with Gasteiger partial charge < -0.3 is 4.74 Å². The van der Waals surface area contributed by atoms with Crippen LogP contribution in [0.15, 0.2) is 24.3 Å². The Labute approximate surface area is 93.0 Å². The van der Waals surface area contributed by atoms with E-state index >= 15 is 0 Å². The van der Waals surface area contributed by atoms with E-state index in [-0.39, 0.29) is 6.42 Å². The number of benzene rings is 1. The highest BCUT2D eigenvalue weighted by Gasteiger charge is 2.16. The van der Waals surface area contributed by atoms with Crippen LogP contribution in [0.4, 0.5) is 4.39 Å². The average molecular weight is 231 g/mol. The van der Waals surface area contributed by atoms with E-state index < -0.39 is 18.6 Å². The van der Waals surface area contributed by atoms with Gasteiger partial charge in [-0.1, -0.05) is 23.7 Å². The van der Waals surface area contributed by atoms with Crippen molar-refractivity contribution in [1.82, 2.24) is 0 Å². The molecule has 1 rings (SSSR count). The Morgan fingerprint density at radius 1 is 1.60 bits per heavy atom. The Balaban J connectivity index is 2.78. The molecule has 0 N–H and O–H groups in total. The van der Waals surface area contributed by atoms with Crippen molar-refractivity contribution in [2.45, 2.75) is 12.3 Å². The van der Waals surface area contributed by atoms with Crippen molar-refractivity contribution < 1.29 is 13.9 Å². The van der Waals surface area contributed by atoms with E-state index in [9.17, 15) is 9.18 Å².